The molecule has 1 aromatic heterocycles. The zero-order valence-electron chi connectivity index (χ0n) is 20.3. The number of hydrogen-bond acceptors (Lipinski definition) is 6. The molecule has 4 rings (SSSR count). The van der Waals surface area contributed by atoms with Crippen LogP contribution in [0.1, 0.15) is 50.0 Å². The minimum Gasteiger partial charge on any atom is -0.493 e. The quantitative estimate of drug-likeness (QED) is 0.395. The number of carbonyl (C=O) groups excluding carboxylic acids is 1. The summed E-state index contributed by atoms with van der Waals surface area (Å²) in [5.74, 6) is 2.23. The molecule has 0 spiro atoms. The second-order valence-corrected chi connectivity index (χ2v) is 8.84. The molecule has 3 aromatic rings. The van der Waals surface area contributed by atoms with Crippen LogP contribution < -0.4 is 9.47 Å². The molecule has 0 N–H and O–H groups in total. The lowest BCUT2D eigenvalue weighted by Gasteiger charge is -2.36. The van der Waals surface area contributed by atoms with Gasteiger partial charge in [0, 0.05) is 31.0 Å². The summed E-state index contributed by atoms with van der Waals surface area (Å²) in [7, 11) is 3.27. The van der Waals surface area contributed by atoms with Crippen LogP contribution in [0, 0.1) is 5.82 Å². The average Bonchev–Trinajstić information content (AvgIpc) is 3.36. The van der Waals surface area contributed by atoms with Gasteiger partial charge >= 0.3 is 0 Å². The summed E-state index contributed by atoms with van der Waals surface area (Å²) in [6.45, 7) is 0.810. The van der Waals surface area contributed by atoms with Crippen LogP contribution in [0.4, 0.5) is 4.39 Å². The van der Waals surface area contributed by atoms with Crippen molar-refractivity contribution in [2.24, 2.45) is 0 Å². The first kappa shape index (κ1) is 24.7. The first-order valence-corrected chi connectivity index (χ1v) is 12.2. The van der Waals surface area contributed by atoms with E-state index in [1.165, 1.54) is 17.7 Å². The molecular weight excluding hydrogens is 449 g/mol. The number of benzene rings is 2. The van der Waals surface area contributed by atoms with Gasteiger partial charge in [-0.25, -0.2) is 4.39 Å². The Balaban J connectivity index is 1.28. The van der Waals surface area contributed by atoms with Crippen molar-refractivity contribution in [1.82, 2.24) is 15.0 Å². The van der Waals surface area contributed by atoms with E-state index >= 15 is 0 Å². The molecule has 186 valence electrons. The highest BCUT2D eigenvalue weighted by Gasteiger charge is 2.26. The van der Waals surface area contributed by atoms with Gasteiger partial charge in [-0.3, -0.25) is 4.79 Å². The van der Waals surface area contributed by atoms with E-state index < -0.39 is 0 Å². The van der Waals surface area contributed by atoms with Crippen molar-refractivity contribution in [1.29, 1.82) is 0 Å². The number of ether oxygens (including phenoxy) is 2. The number of hydrogen-bond donors (Lipinski definition) is 0. The van der Waals surface area contributed by atoms with E-state index in [-0.39, 0.29) is 17.8 Å². The summed E-state index contributed by atoms with van der Waals surface area (Å²) in [4.78, 5) is 19.5. The van der Waals surface area contributed by atoms with E-state index in [2.05, 4.69) is 21.1 Å². The minimum atomic E-state index is -0.310. The molecule has 0 aliphatic carbocycles. The van der Waals surface area contributed by atoms with Gasteiger partial charge in [0.25, 0.3) is 0 Å². The molecule has 35 heavy (non-hydrogen) atoms. The lowest BCUT2D eigenvalue weighted by Crippen LogP contribution is -2.43. The summed E-state index contributed by atoms with van der Waals surface area (Å²) in [6.07, 6.45) is 6.64. The van der Waals surface area contributed by atoms with Crippen molar-refractivity contribution in [3.63, 3.8) is 0 Å². The number of carbonyl (C=O) groups is 1. The summed E-state index contributed by atoms with van der Waals surface area (Å²) in [5, 5.41) is 3.97. The number of rotatable bonds is 10. The largest absolute Gasteiger partial charge is 0.493 e. The first-order valence-electron chi connectivity index (χ1n) is 12.2. The predicted molar refractivity (Wildman–Crippen MR) is 130 cm³/mol. The van der Waals surface area contributed by atoms with Crippen LogP contribution in [0.5, 0.6) is 11.5 Å². The molecule has 1 unspecified atom stereocenters. The SMILES string of the molecule is COc1ccc(CCC2CCCCN2C(=O)CCCc2nc(-c3ccc(F)cc3)no2)cc1OC. The Morgan fingerprint density at radius 1 is 1.09 bits per heavy atom. The summed E-state index contributed by atoms with van der Waals surface area (Å²) >= 11 is 0. The summed E-state index contributed by atoms with van der Waals surface area (Å²) in [5.41, 5.74) is 1.87. The summed E-state index contributed by atoms with van der Waals surface area (Å²) < 4.78 is 29.2. The molecule has 1 fully saturated rings. The van der Waals surface area contributed by atoms with Gasteiger partial charge in [0.15, 0.2) is 11.5 Å². The first-order chi connectivity index (χ1) is 17.1. The van der Waals surface area contributed by atoms with Crippen molar-refractivity contribution < 1.29 is 23.2 Å². The Labute approximate surface area is 205 Å². The van der Waals surface area contributed by atoms with Crippen LogP contribution in [0.25, 0.3) is 11.4 Å². The van der Waals surface area contributed by atoms with Crippen LogP contribution in [0.2, 0.25) is 0 Å². The van der Waals surface area contributed by atoms with Gasteiger partial charge in [-0.05, 0) is 80.5 Å². The van der Waals surface area contributed by atoms with Gasteiger partial charge in [-0.15, -0.1) is 0 Å². The number of aryl methyl sites for hydroxylation is 2. The molecule has 1 atom stereocenters. The molecule has 0 saturated carbocycles. The highest BCUT2D eigenvalue weighted by Crippen LogP contribution is 2.29. The third kappa shape index (κ3) is 6.38. The van der Waals surface area contributed by atoms with Crippen LogP contribution >= 0.6 is 0 Å². The fraction of sp³-hybridized carbons (Fsp3) is 0.444. The molecular formula is C27H32FN3O4. The van der Waals surface area contributed by atoms with Crippen LogP contribution in [-0.2, 0) is 17.6 Å². The van der Waals surface area contributed by atoms with Crippen molar-refractivity contribution in [2.45, 2.75) is 57.4 Å². The predicted octanol–water partition coefficient (Wildman–Crippen LogP) is 5.23. The second-order valence-electron chi connectivity index (χ2n) is 8.84. The Bertz CT molecular complexity index is 1120. The Morgan fingerprint density at radius 2 is 1.89 bits per heavy atom. The average molecular weight is 482 g/mol. The van der Waals surface area contributed by atoms with Gasteiger partial charge in [-0.2, -0.15) is 4.98 Å². The molecule has 1 aliphatic rings. The normalized spacial score (nSPS) is 15.7. The second kappa shape index (κ2) is 11.8. The molecule has 0 bridgehead atoms. The van der Waals surface area contributed by atoms with E-state index in [9.17, 15) is 9.18 Å². The zero-order valence-corrected chi connectivity index (χ0v) is 20.3. The van der Waals surface area contributed by atoms with Crippen LogP contribution in [0.15, 0.2) is 47.0 Å². The topological polar surface area (TPSA) is 77.7 Å². The molecule has 1 saturated heterocycles. The maximum Gasteiger partial charge on any atom is 0.226 e. The Morgan fingerprint density at radius 3 is 2.66 bits per heavy atom. The number of likely N-dealkylation sites (tertiary alicyclic amines) is 1. The van der Waals surface area contributed by atoms with Gasteiger partial charge in [0.05, 0.1) is 14.2 Å². The van der Waals surface area contributed by atoms with Crippen molar-refractivity contribution in [3.8, 4) is 22.9 Å². The molecule has 2 aromatic carbocycles. The van der Waals surface area contributed by atoms with E-state index in [0.29, 0.717) is 36.5 Å². The van der Waals surface area contributed by atoms with Gasteiger partial charge in [-0.1, -0.05) is 11.2 Å². The Hall–Kier alpha value is -3.42. The third-order valence-corrected chi connectivity index (χ3v) is 6.51. The minimum absolute atomic E-state index is 0.181. The smallest absolute Gasteiger partial charge is 0.226 e. The third-order valence-electron chi connectivity index (χ3n) is 6.51. The highest BCUT2D eigenvalue weighted by atomic mass is 19.1. The van der Waals surface area contributed by atoms with Gasteiger partial charge < -0.3 is 18.9 Å². The van der Waals surface area contributed by atoms with Gasteiger partial charge in [0.2, 0.25) is 17.6 Å². The zero-order chi connectivity index (χ0) is 24.6. The number of halogens is 1. The standard InChI is InChI=1S/C27H32FN3O4/c1-33-23-16-10-19(18-24(23)34-2)9-15-22-6-3-4-17-31(22)26(32)8-5-7-25-29-27(30-35-25)20-11-13-21(28)14-12-20/h10-14,16,18,22H,3-9,15,17H2,1-2H3. The molecule has 1 aliphatic heterocycles. The fourth-order valence-corrected chi connectivity index (χ4v) is 4.61. The van der Waals surface area contributed by atoms with Crippen molar-refractivity contribution in [2.75, 3.05) is 20.8 Å². The number of nitrogens with zero attached hydrogens (tertiary/aromatic N) is 3. The van der Waals surface area contributed by atoms with Crippen molar-refractivity contribution >= 4 is 5.91 Å². The fourth-order valence-electron chi connectivity index (χ4n) is 4.61. The lowest BCUT2D eigenvalue weighted by atomic mass is 9.95. The van der Waals surface area contributed by atoms with Crippen LogP contribution in [-0.4, -0.2) is 47.8 Å². The molecule has 1 amide bonds. The van der Waals surface area contributed by atoms with E-state index in [4.69, 9.17) is 14.0 Å². The number of piperidine rings is 1. The van der Waals surface area contributed by atoms with Crippen molar-refractivity contribution in [3.05, 3.63) is 59.7 Å². The summed E-state index contributed by atoms with van der Waals surface area (Å²) in [6, 6.07) is 12.2. The lowest BCUT2D eigenvalue weighted by molar-refractivity contribution is -0.135. The Kier molecular flexibility index (Phi) is 8.34. The molecule has 2 heterocycles. The van der Waals surface area contributed by atoms with E-state index in [0.717, 1.165) is 50.1 Å². The molecule has 0 radical (unpaired) electrons. The van der Waals surface area contributed by atoms with E-state index in [1.807, 2.05) is 12.1 Å². The molecule has 8 heteroatoms. The highest BCUT2D eigenvalue weighted by molar-refractivity contribution is 5.76. The maximum absolute atomic E-state index is 13.1. The van der Waals surface area contributed by atoms with Crippen LogP contribution in [0.3, 0.4) is 0 Å². The maximum atomic E-state index is 13.1. The number of methoxy groups -OCH3 is 2. The number of amides is 1. The molecule has 7 nitrogen and oxygen atoms in total. The van der Waals surface area contributed by atoms with Gasteiger partial charge in [0.1, 0.15) is 5.82 Å². The van der Waals surface area contributed by atoms with E-state index in [1.54, 1.807) is 26.4 Å². The number of aromatic nitrogens is 2. The monoisotopic (exact) mass is 481 g/mol.